The van der Waals surface area contributed by atoms with Crippen LogP contribution in [0.2, 0.25) is 0 Å². The maximum atomic E-state index is 11.8. The van der Waals surface area contributed by atoms with E-state index < -0.39 is 5.60 Å². The molecule has 1 aromatic carbocycles. The largest absolute Gasteiger partial charge is 0.389 e. The van der Waals surface area contributed by atoms with Gasteiger partial charge in [0, 0.05) is 5.92 Å². The molecule has 2 nitrogen and oxygen atoms in total. The highest BCUT2D eigenvalue weighted by molar-refractivity contribution is 5.61. The van der Waals surface area contributed by atoms with Crippen molar-refractivity contribution in [2.75, 3.05) is 0 Å². The number of hydrogen-bond acceptors (Lipinski definition) is 2. The third-order valence-electron chi connectivity index (χ3n) is 5.92. The zero-order chi connectivity index (χ0) is 14.9. The van der Waals surface area contributed by atoms with E-state index in [4.69, 9.17) is 0 Å². The topological polar surface area (TPSA) is 37.3 Å². The van der Waals surface area contributed by atoms with Gasteiger partial charge in [0.1, 0.15) is 6.29 Å². The summed E-state index contributed by atoms with van der Waals surface area (Å²) >= 11 is 0. The van der Waals surface area contributed by atoms with Gasteiger partial charge >= 0.3 is 0 Å². The van der Waals surface area contributed by atoms with Gasteiger partial charge in [-0.25, -0.2) is 0 Å². The van der Waals surface area contributed by atoms with E-state index in [0.29, 0.717) is 0 Å². The van der Waals surface area contributed by atoms with Gasteiger partial charge in [0.15, 0.2) is 0 Å². The highest BCUT2D eigenvalue weighted by Gasteiger charge is 2.62. The first-order valence-corrected chi connectivity index (χ1v) is 8.38. The average molecular weight is 286 g/mol. The second kappa shape index (κ2) is 5.57. The lowest BCUT2D eigenvalue weighted by atomic mass is 9.60. The molecular weight excluding hydrogens is 260 g/mol. The van der Waals surface area contributed by atoms with E-state index in [2.05, 4.69) is 19.1 Å². The Kier molecular flexibility index (Phi) is 3.92. The van der Waals surface area contributed by atoms with Crippen LogP contribution >= 0.6 is 0 Å². The van der Waals surface area contributed by atoms with Crippen LogP contribution in [0.3, 0.4) is 0 Å². The summed E-state index contributed by atoms with van der Waals surface area (Å²) in [6.07, 6.45) is 8.23. The lowest BCUT2D eigenvalue weighted by molar-refractivity contribution is -0.119. The van der Waals surface area contributed by atoms with Crippen molar-refractivity contribution >= 4 is 6.29 Å². The van der Waals surface area contributed by atoms with Crippen LogP contribution in [0.25, 0.3) is 0 Å². The molecule has 1 spiro atoms. The molecule has 0 aromatic heterocycles. The number of rotatable bonds is 5. The van der Waals surface area contributed by atoms with Crippen LogP contribution in [-0.2, 0) is 4.79 Å². The van der Waals surface area contributed by atoms with Crippen LogP contribution in [0.1, 0.15) is 63.4 Å². The Bertz CT molecular complexity index is 492. The molecule has 0 amide bonds. The molecule has 1 N–H and O–H groups in total. The van der Waals surface area contributed by atoms with Gasteiger partial charge in [0.25, 0.3) is 0 Å². The van der Waals surface area contributed by atoms with Crippen molar-refractivity contribution in [3.8, 4) is 0 Å². The fraction of sp³-hybridized carbons (Fsp3) is 0.632. The summed E-state index contributed by atoms with van der Waals surface area (Å²) in [6, 6.07) is 10.4. The molecule has 0 unspecified atom stereocenters. The fourth-order valence-corrected chi connectivity index (χ4v) is 4.81. The van der Waals surface area contributed by atoms with E-state index >= 15 is 0 Å². The minimum Gasteiger partial charge on any atom is -0.389 e. The Morgan fingerprint density at radius 3 is 2.52 bits per heavy atom. The van der Waals surface area contributed by atoms with E-state index in [1.54, 1.807) is 0 Å². The normalized spacial score (nSPS) is 33.8. The van der Waals surface area contributed by atoms with Gasteiger partial charge in [0.05, 0.1) is 11.5 Å². The molecule has 0 aliphatic heterocycles. The molecule has 3 atom stereocenters. The molecule has 2 aliphatic rings. The third-order valence-corrected chi connectivity index (χ3v) is 5.92. The molecule has 2 saturated carbocycles. The molecule has 2 fully saturated rings. The number of aliphatic hydroxyl groups is 1. The molecular formula is C19H26O2. The average Bonchev–Trinajstić information content (AvgIpc) is 2.75. The number of carbonyl (C=O) groups is 1. The molecule has 0 radical (unpaired) electrons. The standard InChI is InChI=1S/C19H26O2/c1-2-3-12-19(21)14-18(10-7-11-18)17(16(19)13-20)15-8-5-4-6-9-15/h4-6,8-9,13,16-17,21H,2-3,7,10-12,14H2,1H3/t16-,17-,19+/m1/s1. The molecule has 1 aromatic rings. The van der Waals surface area contributed by atoms with Gasteiger partial charge in [-0.05, 0) is 36.7 Å². The summed E-state index contributed by atoms with van der Waals surface area (Å²) < 4.78 is 0. The number of aldehydes is 1. The van der Waals surface area contributed by atoms with Crippen LogP contribution in [0.15, 0.2) is 30.3 Å². The summed E-state index contributed by atoms with van der Waals surface area (Å²) in [5, 5.41) is 11.2. The number of hydrogen-bond donors (Lipinski definition) is 1. The first-order valence-electron chi connectivity index (χ1n) is 8.38. The number of carbonyl (C=O) groups excluding carboxylic acids is 1. The van der Waals surface area contributed by atoms with Gasteiger partial charge in [-0.3, -0.25) is 0 Å². The fourth-order valence-electron chi connectivity index (χ4n) is 4.81. The lowest BCUT2D eigenvalue weighted by Gasteiger charge is -2.44. The Hall–Kier alpha value is -1.15. The second-order valence-corrected chi connectivity index (χ2v) is 7.15. The number of benzene rings is 1. The van der Waals surface area contributed by atoms with Crippen molar-refractivity contribution in [3.63, 3.8) is 0 Å². The molecule has 0 bridgehead atoms. The summed E-state index contributed by atoms with van der Waals surface area (Å²) in [7, 11) is 0. The van der Waals surface area contributed by atoms with Gasteiger partial charge in [-0.15, -0.1) is 0 Å². The van der Waals surface area contributed by atoms with E-state index in [-0.39, 0.29) is 17.3 Å². The van der Waals surface area contributed by atoms with Crippen molar-refractivity contribution in [2.45, 2.75) is 63.4 Å². The molecule has 114 valence electrons. The quantitative estimate of drug-likeness (QED) is 0.828. The maximum absolute atomic E-state index is 11.8. The van der Waals surface area contributed by atoms with Crippen molar-refractivity contribution in [1.29, 1.82) is 0 Å². The van der Waals surface area contributed by atoms with Crippen LogP contribution in [-0.4, -0.2) is 17.0 Å². The van der Waals surface area contributed by atoms with E-state index in [0.717, 1.165) is 44.8 Å². The Labute approximate surface area is 127 Å². The maximum Gasteiger partial charge on any atom is 0.126 e. The zero-order valence-corrected chi connectivity index (χ0v) is 12.9. The highest BCUT2D eigenvalue weighted by atomic mass is 16.3. The summed E-state index contributed by atoms with van der Waals surface area (Å²) in [6.45, 7) is 2.14. The SMILES string of the molecule is CCCC[C@]1(O)CC2(CCC2)[C@H](c2ccccc2)[C@H]1C=O. The molecule has 0 saturated heterocycles. The third kappa shape index (κ3) is 2.34. The Morgan fingerprint density at radius 1 is 1.29 bits per heavy atom. The van der Waals surface area contributed by atoms with Crippen molar-refractivity contribution < 1.29 is 9.90 Å². The molecule has 3 rings (SSSR count). The highest BCUT2D eigenvalue weighted by Crippen LogP contribution is 2.66. The second-order valence-electron chi connectivity index (χ2n) is 7.15. The van der Waals surface area contributed by atoms with Gasteiger partial charge < -0.3 is 9.90 Å². The van der Waals surface area contributed by atoms with Crippen molar-refractivity contribution in [3.05, 3.63) is 35.9 Å². The minimum absolute atomic E-state index is 0.162. The van der Waals surface area contributed by atoms with Gasteiger partial charge in [-0.1, -0.05) is 56.5 Å². The van der Waals surface area contributed by atoms with E-state index in [1.165, 1.54) is 12.0 Å². The van der Waals surface area contributed by atoms with Gasteiger partial charge in [0.2, 0.25) is 0 Å². The van der Waals surface area contributed by atoms with Crippen LogP contribution in [0, 0.1) is 11.3 Å². The summed E-state index contributed by atoms with van der Waals surface area (Å²) in [4.78, 5) is 11.8. The molecule has 2 heteroatoms. The van der Waals surface area contributed by atoms with Crippen molar-refractivity contribution in [2.24, 2.45) is 11.3 Å². The number of unbranched alkanes of at least 4 members (excludes halogenated alkanes) is 1. The summed E-state index contributed by atoms with van der Waals surface area (Å²) in [5.74, 6) is -0.0430. The van der Waals surface area contributed by atoms with E-state index in [1.807, 2.05) is 18.2 Å². The van der Waals surface area contributed by atoms with E-state index in [9.17, 15) is 9.90 Å². The molecule has 0 heterocycles. The van der Waals surface area contributed by atoms with Gasteiger partial charge in [-0.2, -0.15) is 0 Å². The van der Waals surface area contributed by atoms with Crippen LogP contribution < -0.4 is 0 Å². The monoisotopic (exact) mass is 286 g/mol. The van der Waals surface area contributed by atoms with Crippen LogP contribution in [0.5, 0.6) is 0 Å². The van der Waals surface area contributed by atoms with Crippen molar-refractivity contribution in [1.82, 2.24) is 0 Å². The molecule has 21 heavy (non-hydrogen) atoms. The van der Waals surface area contributed by atoms with Crippen LogP contribution in [0.4, 0.5) is 0 Å². The molecule has 2 aliphatic carbocycles. The predicted molar refractivity (Wildman–Crippen MR) is 84.1 cm³/mol. The first kappa shape index (κ1) is 14.8. The zero-order valence-electron chi connectivity index (χ0n) is 12.9. The predicted octanol–water partition coefficient (Wildman–Crippen LogP) is 4.08. The minimum atomic E-state index is -0.793. The Balaban J connectivity index is 1.97. The first-order chi connectivity index (χ1) is 10.2. The lowest BCUT2D eigenvalue weighted by Crippen LogP contribution is -2.35. The smallest absolute Gasteiger partial charge is 0.126 e. The Morgan fingerprint density at radius 2 is 2.00 bits per heavy atom. The summed E-state index contributed by atoms with van der Waals surface area (Å²) in [5.41, 5.74) is 0.607.